The minimum absolute atomic E-state index is 0.179. The van der Waals surface area contributed by atoms with Gasteiger partial charge >= 0.3 is 0 Å². The Bertz CT molecular complexity index is 872. The lowest BCUT2D eigenvalue weighted by Crippen LogP contribution is -2.42. The fraction of sp³-hybridized carbons (Fsp3) is 0.333. The van der Waals surface area contributed by atoms with Crippen LogP contribution in [0.15, 0.2) is 35.8 Å². The topological polar surface area (TPSA) is 57.8 Å². The highest BCUT2D eigenvalue weighted by atomic mass is 32.1. The number of aromatic nitrogens is 2. The van der Waals surface area contributed by atoms with Crippen LogP contribution in [0, 0.1) is 12.9 Å². The molecule has 3 aromatic heterocycles. The molecule has 0 aromatic carbocycles. The first-order chi connectivity index (χ1) is 12.1. The number of fused-ring (bicyclic) bond motifs is 1. The van der Waals surface area contributed by atoms with Crippen molar-refractivity contribution in [1.29, 1.82) is 0 Å². The van der Waals surface area contributed by atoms with E-state index < -0.39 is 11.9 Å². The number of aliphatic hydroxyl groups is 1. The molecule has 1 amide bonds. The second-order valence-corrected chi connectivity index (χ2v) is 6.93. The Morgan fingerprint density at radius 1 is 1.44 bits per heavy atom. The molecule has 0 radical (unpaired) electrons. The van der Waals surface area contributed by atoms with Crippen LogP contribution < -0.4 is 0 Å². The van der Waals surface area contributed by atoms with Gasteiger partial charge in [-0.05, 0) is 36.4 Å². The highest BCUT2D eigenvalue weighted by molar-refractivity contribution is 7.09. The Morgan fingerprint density at radius 3 is 2.84 bits per heavy atom. The van der Waals surface area contributed by atoms with E-state index in [1.807, 2.05) is 37.4 Å². The molecule has 0 aliphatic rings. The van der Waals surface area contributed by atoms with E-state index in [4.69, 9.17) is 0 Å². The lowest BCUT2D eigenvalue weighted by atomic mass is 10.2. The summed E-state index contributed by atoms with van der Waals surface area (Å²) < 4.78 is 16.0. The molecule has 3 aromatic rings. The molecule has 3 heterocycles. The fourth-order valence-electron chi connectivity index (χ4n) is 2.83. The molecule has 0 aliphatic heterocycles. The first kappa shape index (κ1) is 17.6. The Labute approximate surface area is 149 Å². The normalized spacial score (nSPS) is 12.5. The molecule has 0 saturated heterocycles. The van der Waals surface area contributed by atoms with Gasteiger partial charge in [0.1, 0.15) is 5.65 Å². The third kappa shape index (κ3) is 3.29. The molecular formula is C18H20FN3O2S. The molecule has 0 bridgehead atoms. The number of hydrogen-bond acceptors (Lipinski definition) is 4. The number of imidazole rings is 1. The van der Waals surface area contributed by atoms with Crippen LogP contribution in [0.4, 0.5) is 4.39 Å². The highest BCUT2D eigenvalue weighted by Crippen LogP contribution is 2.21. The van der Waals surface area contributed by atoms with Crippen molar-refractivity contribution >= 4 is 22.9 Å². The molecule has 25 heavy (non-hydrogen) atoms. The standard InChI is InChI=1S/C18H20FN3O2S/c1-3-13(11-23)22(10-14-7-5-9-25-14)18(24)15-16(19)21-8-4-6-12(2)17(21)20-15/h4-9,13,23H,3,10-11H2,1-2H3/t13-/m0/s1. The molecular weight excluding hydrogens is 341 g/mol. The number of carbonyl (C=O) groups is 1. The fourth-order valence-corrected chi connectivity index (χ4v) is 3.54. The van der Waals surface area contributed by atoms with E-state index >= 15 is 0 Å². The minimum Gasteiger partial charge on any atom is -0.394 e. The largest absolute Gasteiger partial charge is 0.394 e. The van der Waals surface area contributed by atoms with Crippen LogP contribution in [-0.4, -0.2) is 37.9 Å². The van der Waals surface area contributed by atoms with Gasteiger partial charge in [0.25, 0.3) is 5.91 Å². The minimum atomic E-state index is -0.673. The first-order valence-corrected chi connectivity index (χ1v) is 9.02. The molecule has 0 saturated carbocycles. The summed E-state index contributed by atoms with van der Waals surface area (Å²) in [5.74, 6) is -1.18. The van der Waals surface area contributed by atoms with Gasteiger partial charge in [-0.15, -0.1) is 11.3 Å². The van der Waals surface area contributed by atoms with E-state index in [1.54, 1.807) is 12.3 Å². The van der Waals surface area contributed by atoms with Crippen molar-refractivity contribution in [1.82, 2.24) is 14.3 Å². The van der Waals surface area contributed by atoms with Crippen molar-refractivity contribution in [3.8, 4) is 0 Å². The number of pyridine rings is 1. The number of aryl methyl sites for hydroxylation is 1. The van der Waals surface area contributed by atoms with Crippen molar-refractivity contribution < 1.29 is 14.3 Å². The highest BCUT2D eigenvalue weighted by Gasteiger charge is 2.29. The number of amides is 1. The van der Waals surface area contributed by atoms with Crippen LogP contribution >= 0.6 is 11.3 Å². The van der Waals surface area contributed by atoms with Crippen LogP contribution in [0.1, 0.15) is 34.3 Å². The zero-order chi connectivity index (χ0) is 18.0. The molecule has 1 N–H and O–H groups in total. The Balaban J connectivity index is 2.02. The average molecular weight is 361 g/mol. The van der Waals surface area contributed by atoms with Crippen LogP contribution in [0.5, 0.6) is 0 Å². The Hall–Kier alpha value is -2.25. The van der Waals surface area contributed by atoms with Gasteiger partial charge in [0, 0.05) is 11.1 Å². The van der Waals surface area contributed by atoms with Crippen LogP contribution in [0.25, 0.3) is 5.65 Å². The zero-order valence-corrected chi connectivity index (χ0v) is 15.0. The second kappa shape index (κ2) is 7.33. The number of hydrogen-bond donors (Lipinski definition) is 1. The predicted octanol–water partition coefficient (Wildman–Crippen LogP) is 3.26. The van der Waals surface area contributed by atoms with Crippen molar-refractivity contribution in [2.75, 3.05) is 6.61 Å². The number of thiophene rings is 1. The van der Waals surface area contributed by atoms with Gasteiger partial charge in [-0.3, -0.25) is 9.20 Å². The summed E-state index contributed by atoms with van der Waals surface area (Å²) in [5, 5.41) is 11.6. The quantitative estimate of drug-likeness (QED) is 0.733. The molecule has 1 atom stereocenters. The lowest BCUT2D eigenvalue weighted by molar-refractivity contribution is 0.0556. The third-order valence-electron chi connectivity index (χ3n) is 4.28. The van der Waals surface area contributed by atoms with Gasteiger partial charge in [-0.25, -0.2) is 4.98 Å². The summed E-state index contributed by atoms with van der Waals surface area (Å²) in [4.78, 5) is 19.7. The first-order valence-electron chi connectivity index (χ1n) is 8.14. The molecule has 0 spiro atoms. The van der Waals surface area contributed by atoms with Crippen molar-refractivity contribution in [2.45, 2.75) is 32.9 Å². The van der Waals surface area contributed by atoms with Crippen molar-refractivity contribution in [3.05, 3.63) is 57.9 Å². The second-order valence-electron chi connectivity index (χ2n) is 5.89. The predicted molar refractivity (Wildman–Crippen MR) is 95.2 cm³/mol. The van der Waals surface area contributed by atoms with Crippen LogP contribution in [0.3, 0.4) is 0 Å². The van der Waals surface area contributed by atoms with E-state index in [1.165, 1.54) is 20.6 Å². The number of aliphatic hydroxyl groups excluding tert-OH is 1. The summed E-state index contributed by atoms with van der Waals surface area (Å²) in [7, 11) is 0. The van der Waals surface area contributed by atoms with E-state index in [0.29, 0.717) is 18.6 Å². The van der Waals surface area contributed by atoms with E-state index in [2.05, 4.69) is 4.98 Å². The Kier molecular flexibility index (Phi) is 5.15. The van der Waals surface area contributed by atoms with Gasteiger partial charge in [-0.2, -0.15) is 4.39 Å². The number of nitrogens with zero attached hydrogens (tertiary/aromatic N) is 3. The van der Waals surface area contributed by atoms with Crippen LogP contribution in [0.2, 0.25) is 0 Å². The lowest BCUT2D eigenvalue weighted by Gasteiger charge is -2.29. The molecule has 5 nitrogen and oxygen atoms in total. The van der Waals surface area contributed by atoms with Gasteiger partial charge in [0.15, 0.2) is 5.69 Å². The van der Waals surface area contributed by atoms with Crippen molar-refractivity contribution in [2.24, 2.45) is 0 Å². The summed E-state index contributed by atoms with van der Waals surface area (Å²) in [6.45, 7) is 3.85. The summed E-state index contributed by atoms with van der Waals surface area (Å²) in [6, 6.07) is 6.96. The molecule has 3 rings (SSSR count). The maximum atomic E-state index is 14.8. The van der Waals surface area contributed by atoms with Gasteiger partial charge in [0.2, 0.25) is 5.95 Å². The van der Waals surface area contributed by atoms with E-state index in [9.17, 15) is 14.3 Å². The monoisotopic (exact) mass is 361 g/mol. The van der Waals surface area contributed by atoms with Crippen LogP contribution in [-0.2, 0) is 6.54 Å². The molecule has 7 heteroatoms. The molecule has 0 aliphatic carbocycles. The maximum absolute atomic E-state index is 14.8. The van der Waals surface area contributed by atoms with Gasteiger partial charge in [-0.1, -0.05) is 19.1 Å². The molecule has 0 fully saturated rings. The number of halogens is 1. The molecule has 132 valence electrons. The van der Waals surface area contributed by atoms with E-state index in [0.717, 1.165) is 10.4 Å². The summed E-state index contributed by atoms with van der Waals surface area (Å²) in [5.41, 5.74) is 1.01. The van der Waals surface area contributed by atoms with Gasteiger partial charge < -0.3 is 10.0 Å². The number of carbonyl (C=O) groups excluding carboxylic acids is 1. The summed E-state index contributed by atoms with van der Waals surface area (Å²) >= 11 is 1.52. The van der Waals surface area contributed by atoms with Crippen molar-refractivity contribution in [3.63, 3.8) is 0 Å². The summed E-state index contributed by atoms with van der Waals surface area (Å²) in [6.07, 6.45) is 2.12. The SMILES string of the molecule is CC[C@@H](CO)N(Cc1cccs1)C(=O)c1nc2c(C)cccn2c1F. The van der Waals surface area contributed by atoms with Gasteiger partial charge in [0.05, 0.1) is 19.2 Å². The molecule has 0 unspecified atom stereocenters. The smallest absolute Gasteiger partial charge is 0.277 e. The zero-order valence-electron chi connectivity index (χ0n) is 14.1. The van der Waals surface area contributed by atoms with E-state index in [-0.39, 0.29) is 18.3 Å². The Morgan fingerprint density at radius 2 is 2.24 bits per heavy atom. The average Bonchev–Trinajstić information content (AvgIpc) is 3.24. The maximum Gasteiger partial charge on any atom is 0.277 e. The number of rotatable bonds is 6. The third-order valence-corrected chi connectivity index (χ3v) is 5.14.